The van der Waals surface area contributed by atoms with Crippen LogP contribution in [0.5, 0.6) is 0 Å². The molecule has 0 bridgehead atoms. The molecule has 6 heteroatoms. The van der Waals surface area contributed by atoms with E-state index in [2.05, 4.69) is 5.32 Å². The van der Waals surface area contributed by atoms with Gasteiger partial charge in [-0.15, -0.1) is 11.3 Å². The van der Waals surface area contributed by atoms with Gasteiger partial charge in [0.25, 0.3) is 0 Å². The summed E-state index contributed by atoms with van der Waals surface area (Å²) in [6.45, 7) is 3.64. The average molecular weight is 310 g/mol. The molecule has 0 aliphatic heterocycles. The monoisotopic (exact) mass is 310 g/mol. The van der Waals surface area contributed by atoms with Crippen molar-refractivity contribution >= 4 is 23.3 Å². The van der Waals surface area contributed by atoms with Gasteiger partial charge in [0.15, 0.2) is 0 Å². The van der Waals surface area contributed by atoms with Gasteiger partial charge in [0, 0.05) is 18.0 Å². The number of aliphatic carboxylic acids is 1. The predicted octanol–water partition coefficient (Wildman–Crippen LogP) is 2.78. The van der Waals surface area contributed by atoms with Crippen LogP contribution in [0.2, 0.25) is 0 Å². The standard InChI is InChI=1S/C15H22N2O3S/c1-2-17(10-12-6-4-8-21-12)15(20)16-9-11-5-3-7-13(11)14(18)19/h4,6,8,11,13H,2-3,5,7,9-10H2,1H3,(H,16,20)(H,18,19). The molecule has 1 heterocycles. The highest BCUT2D eigenvalue weighted by molar-refractivity contribution is 7.09. The van der Waals surface area contributed by atoms with Crippen LogP contribution in [0.15, 0.2) is 17.5 Å². The van der Waals surface area contributed by atoms with E-state index in [0.717, 1.165) is 24.1 Å². The lowest BCUT2D eigenvalue weighted by Gasteiger charge is -2.23. The topological polar surface area (TPSA) is 69.6 Å². The van der Waals surface area contributed by atoms with Crippen molar-refractivity contribution in [3.8, 4) is 0 Å². The lowest BCUT2D eigenvalue weighted by molar-refractivity contribution is -0.142. The molecule has 1 aromatic rings. The number of carbonyl (C=O) groups excluding carboxylic acids is 1. The van der Waals surface area contributed by atoms with Crippen LogP contribution in [0.1, 0.15) is 31.1 Å². The molecule has 2 atom stereocenters. The Morgan fingerprint density at radius 2 is 2.29 bits per heavy atom. The number of urea groups is 1. The van der Waals surface area contributed by atoms with E-state index in [1.54, 1.807) is 16.2 Å². The normalized spacial score (nSPS) is 21.2. The van der Waals surface area contributed by atoms with Crippen LogP contribution < -0.4 is 5.32 Å². The third-order valence-electron chi connectivity index (χ3n) is 4.09. The Labute approximate surface area is 129 Å². The first kappa shape index (κ1) is 15.8. The predicted molar refractivity (Wildman–Crippen MR) is 82.3 cm³/mol. The molecular formula is C15H22N2O3S. The summed E-state index contributed by atoms with van der Waals surface area (Å²) in [4.78, 5) is 26.2. The maximum atomic E-state index is 12.2. The first-order valence-electron chi connectivity index (χ1n) is 7.39. The summed E-state index contributed by atoms with van der Waals surface area (Å²) in [5.74, 6) is -0.984. The smallest absolute Gasteiger partial charge is 0.317 e. The molecule has 2 unspecified atom stereocenters. The molecule has 1 aromatic heterocycles. The van der Waals surface area contributed by atoms with Crippen LogP contribution >= 0.6 is 11.3 Å². The molecule has 1 fully saturated rings. The second kappa shape index (κ2) is 7.45. The molecule has 0 radical (unpaired) electrons. The molecular weight excluding hydrogens is 288 g/mol. The highest BCUT2D eigenvalue weighted by atomic mass is 32.1. The van der Waals surface area contributed by atoms with E-state index >= 15 is 0 Å². The number of carbonyl (C=O) groups is 2. The van der Waals surface area contributed by atoms with Gasteiger partial charge in [0.2, 0.25) is 0 Å². The van der Waals surface area contributed by atoms with Crippen molar-refractivity contribution in [2.24, 2.45) is 11.8 Å². The summed E-state index contributed by atoms with van der Waals surface area (Å²) < 4.78 is 0. The Hall–Kier alpha value is -1.56. The van der Waals surface area contributed by atoms with E-state index in [-0.39, 0.29) is 17.9 Å². The molecule has 0 saturated heterocycles. The second-order valence-electron chi connectivity index (χ2n) is 5.42. The molecule has 1 aliphatic carbocycles. The van der Waals surface area contributed by atoms with E-state index in [4.69, 9.17) is 5.11 Å². The lowest BCUT2D eigenvalue weighted by atomic mass is 9.96. The van der Waals surface area contributed by atoms with E-state index in [1.807, 2.05) is 24.4 Å². The highest BCUT2D eigenvalue weighted by Gasteiger charge is 2.33. The maximum absolute atomic E-state index is 12.2. The van der Waals surface area contributed by atoms with Crippen molar-refractivity contribution in [3.05, 3.63) is 22.4 Å². The number of amides is 2. The molecule has 2 N–H and O–H groups in total. The highest BCUT2D eigenvalue weighted by Crippen LogP contribution is 2.31. The van der Waals surface area contributed by atoms with Crippen molar-refractivity contribution in [2.75, 3.05) is 13.1 Å². The lowest BCUT2D eigenvalue weighted by Crippen LogP contribution is -2.42. The minimum atomic E-state index is -0.738. The maximum Gasteiger partial charge on any atom is 0.317 e. The van der Waals surface area contributed by atoms with Crippen LogP contribution in [0.4, 0.5) is 4.79 Å². The Balaban J connectivity index is 1.83. The fourth-order valence-corrected chi connectivity index (χ4v) is 3.57. The molecule has 1 saturated carbocycles. The van der Waals surface area contributed by atoms with Gasteiger partial charge in [-0.2, -0.15) is 0 Å². The van der Waals surface area contributed by atoms with E-state index in [9.17, 15) is 9.59 Å². The van der Waals surface area contributed by atoms with Gasteiger partial charge < -0.3 is 15.3 Å². The summed E-state index contributed by atoms with van der Waals surface area (Å²) in [6.07, 6.45) is 2.54. The van der Waals surface area contributed by atoms with Gasteiger partial charge in [-0.25, -0.2) is 4.79 Å². The van der Waals surface area contributed by atoms with Crippen LogP contribution in [-0.2, 0) is 11.3 Å². The Bertz CT molecular complexity index is 475. The number of hydrogen-bond donors (Lipinski definition) is 2. The van der Waals surface area contributed by atoms with Crippen LogP contribution in [-0.4, -0.2) is 35.1 Å². The zero-order chi connectivity index (χ0) is 15.2. The number of nitrogens with one attached hydrogen (secondary N) is 1. The van der Waals surface area contributed by atoms with Crippen molar-refractivity contribution in [1.29, 1.82) is 0 Å². The summed E-state index contributed by atoms with van der Waals surface area (Å²) in [6, 6.07) is 3.88. The van der Waals surface area contributed by atoms with Crippen molar-refractivity contribution < 1.29 is 14.7 Å². The van der Waals surface area contributed by atoms with Crippen molar-refractivity contribution in [3.63, 3.8) is 0 Å². The molecule has 0 spiro atoms. The van der Waals surface area contributed by atoms with E-state index < -0.39 is 5.97 Å². The Morgan fingerprint density at radius 1 is 1.48 bits per heavy atom. The fraction of sp³-hybridized carbons (Fsp3) is 0.600. The fourth-order valence-electron chi connectivity index (χ4n) is 2.85. The minimum Gasteiger partial charge on any atom is -0.481 e. The summed E-state index contributed by atoms with van der Waals surface area (Å²) in [7, 11) is 0. The molecule has 5 nitrogen and oxygen atoms in total. The van der Waals surface area contributed by atoms with Crippen LogP contribution in [0.3, 0.4) is 0 Å². The van der Waals surface area contributed by atoms with Crippen LogP contribution in [0, 0.1) is 11.8 Å². The van der Waals surface area contributed by atoms with Gasteiger partial charge in [0.1, 0.15) is 0 Å². The summed E-state index contributed by atoms with van der Waals surface area (Å²) >= 11 is 1.63. The third kappa shape index (κ3) is 4.20. The zero-order valence-electron chi connectivity index (χ0n) is 12.2. The minimum absolute atomic E-state index is 0.0619. The first-order valence-corrected chi connectivity index (χ1v) is 8.27. The summed E-state index contributed by atoms with van der Waals surface area (Å²) in [5, 5.41) is 14.1. The van der Waals surface area contributed by atoms with Gasteiger partial charge in [-0.1, -0.05) is 12.5 Å². The number of hydrogen-bond acceptors (Lipinski definition) is 3. The van der Waals surface area contributed by atoms with Gasteiger partial charge in [0.05, 0.1) is 12.5 Å². The van der Waals surface area contributed by atoms with Gasteiger partial charge >= 0.3 is 12.0 Å². The molecule has 0 aromatic carbocycles. The average Bonchev–Trinajstić information content (AvgIpc) is 3.13. The Kier molecular flexibility index (Phi) is 5.61. The quantitative estimate of drug-likeness (QED) is 0.849. The molecule has 116 valence electrons. The van der Waals surface area contributed by atoms with Crippen molar-refractivity contribution in [1.82, 2.24) is 10.2 Å². The number of carboxylic acids is 1. The molecule has 21 heavy (non-hydrogen) atoms. The molecule has 2 amide bonds. The van der Waals surface area contributed by atoms with E-state index in [1.165, 1.54) is 0 Å². The molecule has 1 aliphatic rings. The van der Waals surface area contributed by atoms with Gasteiger partial charge in [-0.05, 0) is 37.1 Å². The van der Waals surface area contributed by atoms with Crippen LogP contribution in [0.25, 0.3) is 0 Å². The number of thiophene rings is 1. The Morgan fingerprint density at radius 3 is 2.90 bits per heavy atom. The summed E-state index contributed by atoms with van der Waals surface area (Å²) in [5.41, 5.74) is 0. The second-order valence-corrected chi connectivity index (χ2v) is 6.45. The first-order chi connectivity index (χ1) is 10.1. The number of rotatable bonds is 6. The largest absolute Gasteiger partial charge is 0.481 e. The number of carboxylic acid groups (broad SMARTS) is 1. The van der Waals surface area contributed by atoms with Crippen molar-refractivity contribution in [2.45, 2.75) is 32.7 Å². The van der Waals surface area contributed by atoms with Gasteiger partial charge in [-0.3, -0.25) is 4.79 Å². The molecule has 2 rings (SSSR count). The zero-order valence-corrected chi connectivity index (χ0v) is 13.1. The van der Waals surface area contributed by atoms with E-state index in [0.29, 0.717) is 19.6 Å². The third-order valence-corrected chi connectivity index (χ3v) is 4.95. The number of nitrogens with zero attached hydrogens (tertiary/aromatic N) is 1. The SMILES string of the molecule is CCN(Cc1cccs1)C(=O)NCC1CCCC1C(=O)O.